The summed E-state index contributed by atoms with van der Waals surface area (Å²) in [5.74, 6) is -1.31. The van der Waals surface area contributed by atoms with Crippen molar-refractivity contribution in [2.75, 3.05) is 13.2 Å². The molecule has 13 heteroatoms. The van der Waals surface area contributed by atoms with Gasteiger partial charge in [0.25, 0.3) is 0 Å². The van der Waals surface area contributed by atoms with Crippen molar-refractivity contribution in [3.05, 3.63) is 0 Å². The van der Waals surface area contributed by atoms with Crippen LogP contribution < -0.4 is 0 Å². The molecule has 0 atom stereocenters. The summed E-state index contributed by atoms with van der Waals surface area (Å²) in [4.78, 5) is 51.9. The van der Waals surface area contributed by atoms with Gasteiger partial charge in [0.05, 0.1) is 13.2 Å². The molecular weight excluding hydrogens is 730 g/mol. The minimum absolute atomic E-state index is 0.0451. The number of unbranched alkanes of at least 4 members (excludes halogenated alkanes) is 28. The zero-order chi connectivity index (χ0) is 41.6. The summed E-state index contributed by atoms with van der Waals surface area (Å²) >= 11 is 0. The van der Waals surface area contributed by atoms with E-state index >= 15 is 0 Å². The van der Waals surface area contributed by atoms with Gasteiger partial charge in [0.2, 0.25) is 0 Å². The van der Waals surface area contributed by atoms with Crippen molar-refractivity contribution in [1.29, 1.82) is 0 Å². The molecule has 0 aromatic carbocycles. The van der Waals surface area contributed by atoms with Crippen molar-refractivity contribution in [2.24, 2.45) is 5.41 Å². The zero-order valence-corrected chi connectivity index (χ0v) is 37.0. The molecule has 0 saturated heterocycles. The molecule has 8 N–H and O–H groups in total. The maximum atomic E-state index is 10.3. The second-order valence-corrected chi connectivity index (χ2v) is 16.9. The summed E-state index contributed by atoms with van der Waals surface area (Å²) in [5, 5.41) is 33.9. The van der Waals surface area contributed by atoms with E-state index in [1.54, 1.807) is 13.8 Å². The Morgan fingerprint density at radius 2 is 0.593 bits per heavy atom. The van der Waals surface area contributed by atoms with Crippen molar-refractivity contribution in [3.63, 3.8) is 0 Å². The fourth-order valence-corrected chi connectivity index (χ4v) is 5.93. The maximum absolute atomic E-state index is 10.3. The van der Waals surface area contributed by atoms with Crippen LogP contribution in [0.25, 0.3) is 0 Å². The molecule has 0 saturated carbocycles. The Kier molecular flexibility index (Phi) is 56.3. The monoisotopic (exact) mass is 819 g/mol. The van der Waals surface area contributed by atoms with Crippen molar-refractivity contribution in [2.45, 2.75) is 233 Å². The Labute approximate surface area is 334 Å². The van der Waals surface area contributed by atoms with E-state index in [4.69, 9.17) is 40.0 Å². The first-order valence-corrected chi connectivity index (χ1v) is 23.8. The lowest BCUT2D eigenvalue weighted by Crippen LogP contribution is -2.20. The third-order valence-electron chi connectivity index (χ3n) is 8.99. The van der Waals surface area contributed by atoms with E-state index in [1.165, 1.54) is 167 Å². The number of rotatable bonds is 36. The Bertz CT molecular complexity index is 673. The second-order valence-electron chi connectivity index (χ2n) is 15.3. The van der Waals surface area contributed by atoms with Crippen LogP contribution in [0.1, 0.15) is 233 Å². The lowest BCUT2D eigenvalue weighted by Gasteiger charge is -2.16. The van der Waals surface area contributed by atoms with Gasteiger partial charge in [-0.2, -0.15) is 0 Å². The molecule has 0 spiro atoms. The standard InChI is InChI=1S/2C18H36O2.C5H12O2.H4O5P2/c2*1-2-3-4-5-6-7-8-9-10-11-12-13-14-15-16-17-18(19)20;1-5(2,3-6)4-7;1-6(2)5-7(3)4/h2*2-17H2,1H3,(H,19,20);6-7H,3-4H2,1-2H3;1-4H. The van der Waals surface area contributed by atoms with Gasteiger partial charge in [-0.05, 0) is 12.8 Å². The molecule has 0 aromatic heterocycles. The topological polar surface area (TPSA) is 205 Å². The second kappa shape index (κ2) is 50.5. The Hall–Kier alpha value is -0.480. The highest BCUT2D eigenvalue weighted by molar-refractivity contribution is 7.53. The lowest BCUT2D eigenvalue weighted by molar-refractivity contribution is -0.138. The average Bonchev–Trinajstić information content (AvgIpc) is 3.11. The number of aliphatic hydroxyl groups is 2. The molecule has 0 aliphatic carbocycles. The predicted octanol–water partition coefficient (Wildman–Crippen LogP) is 12.1. The molecule has 54 heavy (non-hydrogen) atoms. The number of carboxylic acids is 2. The summed E-state index contributed by atoms with van der Waals surface area (Å²) in [6, 6.07) is 0. The minimum Gasteiger partial charge on any atom is -0.481 e. The fourth-order valence-electron chi connectivity index (χ4n) is 5.41. The molecule has 0 bridgehead atoms. The summed E-state index contributed by atoms with van der Waals surface area (Å²) in [6.07, 6.45) is 40.4. The largest absolute Gasteiger partial charge is 0.481 e. The van der Waals surface area contributed by atoms with Gasteiger partial charge in [0.15, 0.2) is 0 Å². The SMILES string of the molecule is CC(C)(CO)CO.CCCCCCCCCCCCCCCCCC(=O)O.CCCCCCCCCCCCCCCCCC(=O)O.OP(O)OP(O)O. The third kappa shape index (κ3) is 69.4. The zero-order valence-electron chi connectivity index (χ0n) is 35.2. The Morgan fingerprint density at radius 1 is 0.407 bits per heavy atom. The molecule has 0 rings (SSSR count). The van der Waals surface area contributed by atoms with Crippen LogP contribution >= 0.6 is 17.2 Å². The van der Waals surface area contributed by atoms with Gasteiger partial charge in [0, 0.05) is 18.3 Å². The first-order valence-electron chi connectivity index (χ1n) is 21.5. The van der Waals surface area contributed by atoms with E-state index in [2.05, 4.69) is 18.2 Å². The Morgan fingerprint density at radius 3 is 0.704 bits per heavy atom. The van der Waals surface area contributed by atoms with Gasteiger partial charge >= 0.3 is 29.1 Å². The van der Waals surface area contributed by atoms with Crippen LogP contribution in [0.5, 0.6) is 0 Å². The number of hydrogen-bond donors (Lipinski definition) is 8. The first kappa shape index (κ1) is 60.2. The highest BCUT2D eigenvalue weighted by Crippen LogP contribution is 2.41. The number of aliphatic carboxylic acids is 2. The van der Waals surface area contributed by atoms with E-state index in [-0.39, 0.29) is 18.6 Å². The average molecular weight is 819 g/mol. The number of carboxylic acid groups (broad SMARTS) is 2. The number of carbonyl (C=O) groups is 2. The van der Waals surface area contributed by atoms with Crippen molar-refractivity contribution >= 4 is 29.1 Å². The van der Waals surface area contributed by atoms with Gasteiger partial charge in [-0.3, -0.25) is 9.59 Å². The molecule has 0 unspecified atom stereocenters. The predicted molar refractivity (Wildman–Crippen MR) is 226 cm³/mol. The molecular formula is C41H88O11P2. The smallest absolute Gasteiger partial charge is 0.334 e. The van der Waals surface area contributed by atoms with Gasteiger partial charge in [-0.1, -0.05) is 207 Å². The number of aliphatic hydroxyl groups excluding tert-OH is 2. The van der Waals surface area contributed by atoms with Crippen LogP contribution in [0.4, 0.5) is 0 Å². The van der Waals surface area contributed by atoms with Crippen LogP contribution in [0.15, 0.2) is 0 Å². The molecule has 0 fully saturated rings. The molecule has 328 valence electrons. The first-order chi connectivity index (χ1) is 25.8. The van der Waals surface area contributed by atoms with Crippen LogP contribution in [-0.2, 0) is 13.9 Å². The van der Waals surface area contributed by atoms with Crippen LogP contribution in [0.2, 0.25) is 0 Å². The summed E-state index contributed by atoms with van der Waals surface area (Å²) in [5.41, 5.74) is -0.306. The summed E-state index contributed by atoms with van der Waals surface area (Å²) < 4.78 is 3.60. The number of hydrogen-bond acceptors (Lipinski definition) is 9. The molecule has 0 heterocycles. The van der Waals surface area contributed by atoms with E-state index in [9.17, 15) is 9.59 Å². The van der Waals surface area contributed by atoms with Gasteiger partial charge in [-0.15, -0.1) is 0 Å². The van der Waals surface area contributed by atoms with E-state index in [0.717, 1.165) is 25.7 Å². The van der Waals surface area contributed by atoms with E-state index < -0.39 is 29.1 Å². The quantitative estimate of drug-likeness (QED) is 0.0220. The molecule has 0 aliphatic rings. The van der Waals surface area contributed by atoms with Crippen LogP contribution in [-0.4, -0.2) is 65.2 Å². The minimum atomic E-state index is -2.61. The Balaban J connectivity index is -0.000000343. The molecule has 11 nitrogen and oxygen atoms in total. The normalized spacial score (nSPS) is 11.0. The molecule has 0 radical (unpaired) electrons. The van der Waals surface area contributed by atoms with Gasteiger partial charge in [-0.25, -0.2) is 4.31 Å². The highest BCUT2D eigenvalue weighted by Gasteiger charge is 2.13. The van der Waals surface area contributed by atoms with E-state index in [1.807, 2.05) is 0 Å². The highest BCUT2D eigenvalue weighted by atomic mass is 31.2. The van der Waals surface area contributed by atoms with Crippen molar-refractivity contribution in [1.82, 2.24) is 0 Å². The molecule has 0 amide bonds. The third-order valence-corrected chi connectivity index (χ3v) is 10.2. The van der Waals surface area contributed by atoms with Gasteiger partial charge < -0.3 is 40.0 Å². The van der Waals surface area contributed by atoms with E-state index in [0.29, 0.717) is 12.8 Å². The fraction of sp³-hybridized carbons (Fsp3) is 0.951. The van der Waals surface area contributed by atoms with Crippen molar-refractivity contribution < 1.29 is 53.9 Å². The van der Waals surface area contributed by atoms with Gasteiger partial charge in [0.1, 0.15) is 0 Å². The summed E-state index contributed by atoms with van der Waals surface area (Å²) in [6.45, 7) is 8.23. The van der Waals surface area contributed by atoms with Crippen LogP contribution in [0, 0.1) is 5.41 Å². The maximum Gasteiger partial charge on any atom is 0.334 e. The molecule has 0 aliphatic heterocycles. The summed E-state index contributed by atoms with van der Waals surface area (Å²) in [7, 11) is -5.22. The molecule has 0 aromatic rings. The van der Waals surface area contributed by atoms with Crippen LogP contribution in [0.3, 0.4) is 0 Å². The lowest BCUT2D eigenvalue weighted by atomic mass is 9.97. The van der Waals surface area contributed by atoms with Crippen molar-refractivity contribution in [3.8, 4) is 0 Å².